The van der Waals surface area contributed by atoms with Gasteiger partial charge in [0.25, 0.3) is 0 Å². The lowest BCUT2D eigenvalue weighted by Crippen LogP contribution is -2.26. The summed E-state index contributed by atoms with van der Waals surface area (Å²) in [4.78, 5) is 34.6. The molecule has 0 saturated heterocycles. The quantitative estimate of drug-likeness (QED) is 0.641. The van der Waals surface area contributed by atoms with Crippen molar-refractivity contribution in [1.82, 2.24) is 0 Å². The molecule has 1 amide bonds. The zero-order chi connectivity index (χ0) is 14.9. The van der Waals surface area contributed by atoms with E-state index in [0.29, 0.717) is 16.2 Å². The fourth-order valence-electron chi connectivity index (χ4n) is 1.72. The van der Waals surface area contributed by atoms with E-state index in [1.165, 1.54) is 6.07 Å². The van der Waals surface area contributed by atoms with Crippen LogP contribution in [0, 0.1) is 6.92 Å². The Balaban J connectivity index is 2.52. The van der Waals surface area contributed by atoms with Crippen molar-refractivity contribution in [2.24, 2.45) is 0 Å². The average Bonchev–Trinajstić information content (AvgIpc) is 2.41. The molecule has 1 N–H and O–H groups in total. The Morgan fingerprint density at radius 1 is 1.35 bits per heavy atom. The van der Waals surface area contributed by atoms with Crippen LogP contribution in [0.3, 0.4) is 0 Å². The van der Waals surface area contributed by atoms with Gasteiger partial charge in [-0.1, -0.05) is 11.6 Å². The van der Waals surface area contributed by atoms with Crippen LogP contribution in [0.4, 0.5) is 5.69 Å². The average molecular weight is 296 g/mol. The summed E-state index contributed by atoms with van der Waals surface area (Å²) in [6.07, 6.45) is 1.08. The van der Waals surface area contributed by atoms with Crippen molar-refractivity contribution in [1.29, 1.82) is 0 Å². The molecule has 0 fully saturated rings. The molecular formula is C13H10ClNO5. The maximum atomic E-state index is 12.2. The largest absolute Gasteiger partial charge is 0.462 e. The van der Waals surface area contributed by atoms with Gasteiger partial charge >= 0.3 is 11.9 Å². The van der Waals surface area contributed by atoms with Crippen LogP contribution in [0.25, 0.3) is 11.0 Å². The highest BCUT2D eigenvalue weighted by Gasteiger charge is 2.17. The van der Waals surface area contributed by atoms with Crippen molar-refractivity contribution in [3.05, 3.63) is 39.2 Å². The molecule has 0 saturated carbocycles. The van der Waals surface area contributed by atoms with Crippen molar-refractivity contribution in [2.45, 2.75) is 6.92 Å². The van der Waals surface area contributed by atoms with Crippen LogP contribution in [-0.2, 0) is 14.3 Å². The molecule has 0 atom stereocenters. The second kappa shape index (κ2) is 5.34. The molecule has 7 heteroatoms. The zero-order valence-electron chi connectivity index (χ0n) is 10.7. The number of esters is 1. The van der Waals surface area contributed by atoms with Crippen LogP contribution in [0.2, 0.25) is 5.02 Å². The van der Waals surface area contributed by atoms with E-state index in [2.05, 4.69) is 10.1 Å². The van der Waals surface area contributed by atoms with Gasteiger partial charge in [-0.2, -0.15) is 0 Å². The lowest BCUT2D eigenvalue weighted by atomic mass is 10.1. The van der Waals surface area contributed by atoms with Crippen molar-refractivity contribution in [3.8, 4) is 0 Å². The number of fused-ring (bicyclic) bond motifs is 1. The Kier molecular flexibility index (Phi) is 3.76. The Morgan fingerprint density at radius 3 is 2.70 bits per heavy atom. The highest BCUT2D eigenvalue weighted by atomic mass is 35.5. The molecule has 0 spiro atoms. The summed E-state index contributed by atoms with van der Waals surface area (Å²) in [5, 5.41) is 2.72. The Morgan fingerprint density at radius 2 is 2.05 bits per heavy atom. The summed E-state index contributed by atoms with van der Waals surface area (Å²) in [5.41, 5.74) is 0.412. The normalized spacial score (nSPS) is 10.3. The van der Waals surface area contributed by atoms with Crippen LogP contribution in [0.15, 0.2) is 27.6 Å². The first-order valence-corrected chi connectivity index (χ1v) is 5.92. The number of hydrogen-bond donors (Lipinski definition) is 1. The predicted octanol–water partition coefficient (Wildman–Crippen LogP) is 1.87. The third-order valence-electron chi connectivity index (χ3n) is 2.64. The standard InChI is InChI=1S/C13H10ClNO5/c1-6-3-7(14)4-8-10(16)9(5-20-11(6)8)15-12(17)13(18)19-2/h3-5H,1-2H3,(H,15,17). The van der Waals surface area contributed by atoms with Gasteiger partial charge in [0, 0.05) is 5.02 Å². The van der Waals surface area contributed by atoms with Gasteiger partial charge in [0.05, 0.1) is 12.5 Å². The maximum absolute atomic E-state index is 12.2. The van der Waals surface area contributed by atoms with Crippen molar-refractivity contribution >= 4 is 40.1 Å². The number of ether oxygens (including phenoxy) is 1. The minimum absolute atomic E-state index is 0.158. The number of benzene rings is 1. The molecule has 2 aromatic rings. The maximum Gasteiger partial charge on any atom is 0.396 e. The molecule has 20 heavy (non-hydrogen) atoms. The summed E-state index contributed by atoms with van der Waals surface area (Å²) in [5.74, 6) is -2.16. The van der Waals surface area contributed by atoms with Crippen LogP contribution < -0.4 is 10.7 Å². The molecular weight excluding hydrogens is 286 g/mol. The molecule has 2 rings (SSSR count). The van der Waals surface area contributed by atoms with Gasteiger partial charge in [0.2, 0.25) is 5.43 Å². The van der Waals surface area contributed by atoms with Gasteiger partial charge in [-0.3, -0.25) is 9.59 Å². The lowest BCUT2D eigenvalue weighted by molar-refractivity contribution is -0.150. The molecule has 0 bridgehead atoms. The first-order chi connectivity index (χ1) is 9.43. The number of carbonyl (C=O) groups excluding carboxylic acids is 2. The van der Waals surface area contributed by atoms with Gasteiger partial charge in [-0.15, -0.1) is 0 Å². The van der Waals surface area contributed by atoms with E-state index >= 15 is 0 Å². The topological polar surface area (TPSA) is 85.6 Å². The molecule has 1 aromatic heterocycles. The third-order valence-corrected chi connectivity index (χ3v) is 2.86. The molecule has 1 aromatic carbocycles. The van der Waals surface area contributed by atoms with E-state index in [9.17, 15) is 14.4 Å². The van der Waals surface area contributed by atoms with Crippen molar-refractivity contribution < 1.29 is 18.7 Å². The molecule has 0 aliphatic rings. The first-order valence-electron chi connectivity index (χ1n) is 5.55. The number of halogens is 1. The van der Waals surface area contributed by atoms with E-state index in [0.717, 1.165) is 13.4 Å². The Bertz CT molecular complexity index is 765. The molecule has 1 heterocycles. The first kappa shape index (κ1) is 14.1. The number of carbonyl (C=O) groups is 2. The van der Waals surface area contributed by atoms with E-state index in [4.69, 9.17) is 16.0 Å². The minimum atomic E-state index is -1.10. The molecule has 0 radical (unpaired) electrons. The smallest absolute Gasteiger partial charge is 0.396 e. The van der Waals surface area contributed by atoms with Crippen molar-refractivity contribution in [2.75, 3.05) is 12.4 Å². The molecule has 0 aliphatic heterocycles. The number of aryl methyl sites for hydroxylation is 1. The molecule has 0 unspecified atom stereocenters. The third kappa shape index (κ3) is 2.50. The summed E-state index contributed by atoms with van der Waals surface area (Å²) in [6.45, 7) is 1.74. The summed E-state index contributed by atoms with van der Waals surface area (Å²) in [7, 11) is 1.06. The second-order valence-electron chi connectivity index (χ2n) is 4.02. The number of hydrogen-bond acceptors (Lipinski definition) is 5. The van der Waals surface area contributed by atoms with Crippen molar-refractivity contribution in [3.63, 3.8) is 0 Å². The number of anilines is 1. The van der Waals surface area contributed by atoms with Crippen LogP contribution in [-0.4, -0.2) is 19.0 Å². The van der Waals surface area contributed by atoms with E-state index in [1.54, 1.807) is 13.0 Å². The highest BCUT2D eigenvalue weighted by molar-refractivity contribution is 6.37. The monoisotopic (exact) mass is 295 g/mol. The van der Waals surface area contributed by atoms with Gasteiger partial charge in [0.1, 0.15) is 17.5 Å². The minimum Gasteiger partial charge on any atom is -0.462 e. The SMILES string of the molecule is COC(=O)C(=O)Nc1coc2c(C)cc(Cl)cc2c1=O. The summed E-state index contributed by atoms with van der Waals surface area (Å²) < 4.78 is 9.54. The Labute approximate surface area is 118 Å². The molecule has 6 nitrogen and oxygen atoms in total. The van der Waals surface area contributed by atoms with Gasteiger partial charge in [-0.25, -0.2) is 4.79 Å². The lowest BCUT2D eigenvalue weighted by Gasteiger charge is -2.05. The van der Waals surface area contributed by atoms with E-state index in [-0.39, 0.29) is 11.1 Å². The summed E-state index contributed by atoms with van der Waals surface area (Å²) in [6, 6.07) is 3.09. The van der Waals surface area contributed by atoms with Crippen LogP contribution in [0.1, 0.15) is 5.56 Å². The zero-order valence-corrected chi connectivity index (χ0v) is 11.4. The fraction of sp³-hybridized carbons (Fsp3) is 0.154. The molecule has 0 aliphatic carbocycles. The van der Waals surface area contributed by atoms with Crippen LogP contribution >= 0.6 is 11.6 Å². The van der Waals surface area contributed by atoms with Crippen LogP contribution in [0.5, 0.6) is 0 Å². The highest BCUT2D eigenvalue weighted by Crippen LogP contribution is 2.22. The van der Waals surface area contributed by atoms with Gasteiger partial charge < -0.3 is 14.5 Å². The number of rotatable bonds is 1. The predicted molar refractivity (Wildman–Crippen MR) is 72.9 cm³/mol. The molecule has 104 valence electrons. The summed E-state index contributed by atoms with van der Waals surface area (Å²) >= 11 is 5.88. The van der Waals surface area contributed by atoms with Gasteiger partial charge in [0.15, 0.2) is 0 Å². The number of nitrogens with one attached hydrogen (secondary N) is 1. The van der Waals surface area contributed by atoms with E-state index < -0.39 is 17.3 Å². The van der Waals surface area contributed by atoms with E-state index in [1.807, 2.05) is 0 Å². The Hall–Kier alpha value is -2.34. The second-order valence-corrected chi connectivity index (χ2v) is 4.46. The number of methoxy groups -OCH3 is 1. The number of amides is 1. The fourth-order valence-corrected chi connectivity index (χ4v) is 2.00. The van der Waals surface area contributed by atoms with Gasteiger partial charge in [-0.05, 0) is 24.6 Å².